The second-order valence-electron chi connectivity index (χ2n) is 5.60. The fraction of sp³-hybridized carbons (Fsp3) is 0.533. The summed E-state index contributed by atoms with van der Waals surface area (Å²) >= 11 is 1.90. The van der Waals surface area contributed by atoms with Crippen LogP contribution in [0.5, 0.6) is 5.75 Å². The summed E-state index contributed by atoms with van der Waals surface area (Å²) in [6.07, 6.45) is 2.56. The van der Waals surface area contributed by atoms with Gasteiger partial charge in [-0.05, 0) is 24.3 Å². The fourth-order valence-corrected chi connectivity index (χ4v) is 4.35. The van der Waals surface area contributed by atoms with Crippen molar-refractivity contribution in [3.05, 3.63) is 23.8 Å². The number of anilines is 1. The van der Waals surface area contributed by atoms with Crippen molar-refractivity contribution in [2.75, 3.05) is 23.8 Å². The highest BCUT2D eigenvalue weighted by Gasteiger charge is 2.41. The smallest absolute Gasteiger partial charge is 0.339 e. The predicted octanol–water partition coefficient (Wildman–Crippen LogP) is 2.40. The highest BCUT2D eigenvalue weighted by Crippen LogP contribution is 2.40. The summed E-state index contributed by atoms with van der Waals surface area (Å²) in [7, 11) is 0. The second kappa shape index (κ2) is 5.77. The van der Waals surface area contributed by atoms with E-state index in [4.69, 9.17) is 15.2 Å². The van der Waals surface area contributed by atoms with Gasteiger partial charge in [0.25, 0.3) is 0 Å². The molecule has 0 amide bonds. The third-order valence-corrected chi connectivity index (χ3v) is 5.30. The summed E-state index contributed by atoms with van der Waals surface area (Å²) in [5, 5.41) is 9.26. The van der Waals surface area contributed by atoms with Crippen molar-refractivity contribution in [1.82, 2.24) is 0 Å². The van der Waals surface area contributed by atoms with E-state index in [9.17, 15) is 9.90 Å². The van der Waals surface area contributed by atoms with Crippen LogP contribution in [0, 0.1) is 0 Å². The first-order chi connectivity index (χ1) is 10.1. The van der Waals surface area contributed by atoms with Crippen LogP contribution in [-0.2, 0) is 4.74 Å². The van der Waals surface area contributed by atoms with Gasteiger partial charge in [-0.15, -0.1) is 0 Å². The molecule has 114 valence electrons. The van der Waals surface area contributed by atoms with Crippen LogP contribution in [0.2, 0.25) is 0 Å². The monoisotopic (exact) mass is 309 g/mol. The number of nitrogen functional groups attached to an aromatic ring is 1. The van der Waals surface area contributed by atoms with Crippen LogP contribution in [0.4, 0.5) is 5.69 Å². The topological polar surface area (TPSA) is 81.8 Å². The Morgan fingerprint density at radius 1 is 1.52 bits per heavy atom. The summed E-state index contributed by atoms with van der Waals surface area (Å²) in [6, 6.07) is 4.82. The maximum atomic E-state index is 11.3. The standard InChI is InChI=1S/C15H19NO4S/c16-12-3-1-2-11(14(17)18)13(12)20-10-4-6-19-15(8-10)5-7-21-9-15/h1-3,10H,4-9,16H2,(H,17,18). The summed E-state index contributed by atoms with van der Waals surface area (Å²) in [5.74, 6) is 1.37. The molecule has 2 saturated heterocycles. The lowest BCUT2D eigenvalue weighted by Gasteiger charge is -2.37. The number of para-hydroxylation sites is 1. The molecule has 0 aliphatic carbocycles. The van der Waals surface area contributed by atoms with Crippen molar-refractivity contribution < 1.29 is 19.4 Å². The van der Waals surface area contributed by atoms with Gasteiger partial charge in [-0.2, -0.15) is 11.8 Å². The summed E-state index contributed by atoms with van der Waals surface area (Å²) in [5.41, 5.74) is 6.29. The number of aromatic carboxylic acids is 1. The molecule has 0 bridgehead atoms. The Balaban J connectivity index is 1.79. The maximum absolute atomic E-state index is 11.3. The molecule has 5 nitrogen and oxygen atoms in total. The zero-order valence-electron chi connectivity index (χ0n) is 11.7. The zero-order chi connectivity index (χ0) is 14.9. The molecule has 3 N–H and O–H groups in total. The van der Waals surface area contributed by atoms with Gasteiger partial charge in [-0.3, -0.25) is 0 Å². The molecule has 2 aliphatic rings. The van der Waals surface area contributed by atoms with Crippen molar-refractivity contribution in [3.8, 4) is 5.75 Å². The molecule has 2 fully saturated rings. The molecule has 2 unspecified atom stereocenters. The number of nitrogens with two attached hydrogens (primary N) is 1. The summed E-state index contributed by atoms with van der Waals surface area (Å²) in [6.45, 7) is 0.653. The van der Waals surface area contributed by atoms with E-state index in [1.54, 1.807) is 12.1 Å². The molecule has 2 aliphatic heterocycles. The lowest BCUT2D eigenvalue weighted by Crippen LogP contribution is -2.44. The highest BCUT2D eigenvalue weighted by molar-refractivity contribution is 7.99. The Morgan fingerprint density at radius 2 is 2.38 bits per heavy atom. The van der Waals surface area contributed by atoms with Gasteiger partial charge in [0, 0.05) is 18.6 Å². The number of hydrogen-bond acceptors (Lipinski definition) is 5. The molecular formula is C15H19NO4S. The Hall–Kier alpha value is -1.40. The van der Waals surface area contributed by atoms with Gasteiger partial charge in [0.2, 0.25) is 0 Å². The van der Waals surface area contributed by atoms with E-state index in [1.807, 2.05) is 11.8 Å². The number of carboxylic acids is 1. The minimum atomic E-state index is -1.02. The average molecular weight is 309 g/mol. The lowest BCUT2D eigenvalue weighted by molar-refractivity contribution is -0.0958. The SMILES string of the molecule is Nc1cccc(C(=O)O)c1OC1CCOC2(CCSC2)C1. The van der Waals surface area contributed by atoms with Crippen molar-refractivity contribution in [3.63, 3.8) is 0 Å². The van der Waals surface area contributed by atoms with E-state index >= 15 is 0 Å². The normalized spacial score (nSPS) is 28.7. The largest absolute Gasteiger partial charge is 0.487 e. The Morgan fingerprint density at radius 3 is 3.10 bits per heavy atom. The minimum Gasteiger partial charge on any atom is -0.487 e. The molecule has 6 heteroatoms. The molecule has 0 saturated carbocycles. The van der Waals surface area contributed by atoms with Gasteiger partial charge in [0.1, 0.15) is 11.7 Å². The number of benzene rings is 1. The number of hydrogen-bond donors (Lipinski definition) is 2. The number of carboxylic acid groups (broad SMARTS) is 1. The first kappa shape index (κ1) is 14.5. The van der Waals surface area contributed by atoms with E-state index < -0.39 is 5.97 Å². The molecule has 1 aromatic carbocycles. The van der Waals surface area contributed by atoms with Gasteiger partial charge < -0.3 is 20.3 Å². The highest BCUT2D eigenvalue weighted by atomic mass is 32.2. The molecule has 1 spiro atoms. The van der Waals surface area contributed by atoms with Gasteiger partial charge in [0.05, 0.1) is 17.9 Å². The van der Waals surface area contributed by atoms with Gasteiger partial charge in [-0.25, -0.2) is 4.79 Å². The Labute approximate surface area is 127 Å². The first-order valence-corrected chi connectivity index (χ1v) is 8.25. The minimum absolute atomic E-state index is 0.0414. The number of carbonyl (C=O) groups is 1. The summed E-state index contributed by atoms with van der Waals surface area (Å²) < 4.78 is 11.9. The third-order valence-electron chi connectivity index (χ3n) is 4.08. The van der Waals surface area contributed by atoms with Crippen LogP contribution in [-0.4, -0.2) is 40.9 Å². The molecule has 1 aromatic rings. The van der Waals surface area contributed by atoms with Crippen LogP contribution in [0.1, 0.15) is 29.6 Å². The van der Waals surface area contributed by atoms with E-state index in [2.05, 4.69) is 0 Å². The Bertz CT molecular complexity index is 542. The number of ether oxygens (including phenoxy) is 2. The van der Waals surface area contributed by atoms with Crippen LogP contribution < -0.4 is 10.5 Å². The molecule has 2 atom stereocenters. The zero-order valence-corrected chi connectivity index (χ0v) is 12.5. The quantitative estimate of drug-likeness (QED) is 0.834. The van der Waals surface area contributed by atoms with E-state index in [1.165, 1.54) is 6.07 Å². The predicted molar refractivity (Wildman–Crippen MR) is 82.1 cm³/mol. The van der Waals surface area contributed by atoms with Crippen molar-refractivity contribution >= 4 is 23.4 Å². The molecule has 21 heavy (non-hydrogen) atoms. The molecule has 0 radical (unpaired) electrons. The first-order valence-electron chi connectivity index (χ1n) is 7.10. The van der Waals surface area contributed by atoms with Crippen molar-refractivity contribution in [1.29, 1.82) is 0 Å². The van der Waals surface area contributed by atoms with Gasteiger partial charge >= 0.3 is 5.97 Å². The number of rotatable bonds is 3. The third kappa shape index (κ3) is 2.96. The second-order valence-corrected chi connectivity index (χ2v) is 6.70. The van der Waals surface area contributed by atoms with E-state index in [-0.39, 0.29) is 23.0 Å². The van der Waals surface area contributed by atoms with Crippen molar-refractivity contribution in [2.45, 2.75) is 31.0 Å². The van der Waals surface area contributed by atoms with E-state index in [0.717, 1.165) is 30.8 Å². The van der Waals surface area contributed by atoms with E-state index in [0.29, 0.717) is 12.3 Å². The van der Waals surface area contributed by atoms with Crippen LogP contribution in [0.3, 0.4) is 0 Å². The maximum Gasteiger partial charge on any atom is 0.339 e. The van der Waals surface area contributed by atoms with Crippen LogP contribution >= 0.6 is 11.8 Å². The molecule has 2 heterocycles. The lowest BCUT2D eigenvalue weighted by atomic mass is 9.91. The average Bonchev–Trinajstić information content (AvgIpc) is 2.89. The van der Waals surface area contributed by atoms with Crippen LogP contribution in [0.15, 0.2) is 18.2 Å². The summed E-state index contributed by atoms with van der Waals surface area (Å²) in [4.78, 5) is 11.3. The van der Waals surface area contributed by atoms with Gasteiger partial charge in [-0.1, -0.05) is 6.07 Å². The Kier molecular flexibility index (Phi) is 3.99. The van der Waals surface area contributed by atoms with Crippen LogP contribution in [0.25, 0.3) is 0 Å². The molecule has 3 rings (SSSR count). The molecule has 0 aromatic heterocycles. The fourth-order valence-electron chi connectivity index (χ4n) is 2.97. The van der Waals surface area contributed by atoms with Crippen molar-refractivity contribution in [2.24, 2.45) is 0 Å². The molecular weight excluding hydrogens is 290 g/mol. The number of thioether (sulfide) groups is 1. The van der Waals surface area contributed by atoms with Gasteiger partial charge in [0.15, 0.2) is 5.75 Å².